The molecule has 0 spiro atoms. The Kier molecular flexibility index (Phi) is 5.07. The lowest BCUT2D eigenvalue weighted by molar-refractivity contribution is -0.145. The second-order valence-corrected chi connectivity index (χ2v) is 5.64. The molecule has 0 heterocycles. The van der Waals surface area contributed by atoms with Crippen LogP contribution in [0.1, 0.15) is 33.1 Å². The van der Waals surface area contributed by atoms with E-state index in [1.54, 1.807) is 13.0 Å². The highest BCUT2D eigenvalue weighted by Gasteiger charge is 2.39. The maximum atomic E-state index is 11.5. The minimum Gasteiger partial charge on any atom is -0.490 e. The maximum Gasteiger partial charge on any atom is 0.327 e. The van der Waals surface area contributed by atoms with Gasteiger partial charge >= 0.3 is 5.97 Å². The van der Waals surface area contributed by atoms with Gasteiger partial charge in [-0.25, -0.2) is 0 Å². The summed E-state index contributed by atoms with van der Waals surface area (Å²) in [7, 11) is 0. The fraction of sp³-hybridized carbons (Fsp3) is 0.562. The summed E-state index contributed by atoms with van der Waals surface area (Å²) in [6.45, 7) is 4.36. The Balaban J connectivity index is 2.01. The minimum atomic E-state index is -1.08. The molecule has 5 nitrogen and oxygen atoms in total. The quantitative estimate of drug-likeness (QED) is 0.732. The predicted octanol–water partition coefficient (Wildman–Crippen LogP) is 2.45. The van der Waals surface area contributed by atoms with E-state index in [0.29, 0.717) is 24.1 Å². The summed E-state index contributed by atoms with van der Waals surface area (Å²) in [4.78, 5) is 11.5. The zero-order valence-corrected chi connectivity index (χ0v) is 12.6. The van der Waals surface area contributed by atoms with Crippen LogP contribution >= 0.6 is 0 Å². The molecule has 2 rings (SSSR count). The molecule has 0 saturated heterocycles. The van der Waals surface area contributed by atoms with Crippen LogP contribution in [0.4, 0.5) is 0 Å². The van der Waals surface area contributed by atoms with Crippen molar-refractivity contribution < 1.29 is 19.4 Å². The van der Waals surface area contributed by atoms with Gasteiger partial charge in [0.1, 0.15) is 12.1 Å². The van der Waals surface area contributed by atoms with Crippen LogP contribution in [0.5, 0.6) is 11.5 Å². The van der Waals surface area contributed by atoms with Crippen LogP contribution in [-0.2, 0) is 4.79 Å². The van der Waals surface area contributed by atoms with E-state index < -0.39 is 11.5 Å². The number of hydrogen-bond acceptors (Lipinski definition) is 4. The molecule has 1 unspecified atom stereocenters. The van der Waals surface area contributed by atoms with Crippen molar-refractivity contribution >= 4 is 5.97 Å². The van der Waals surface area contributed by atoms with Crippen LogP contribution in [0.15, 0.2) is 24.3 Å². The Morgan fingerprint density at radius 3 is 2.48 bits per heavy atom. The molecule has 0 bridgehead atoms. The van der Waals surface area contributed by atoms with E-state index in [1.807, 2.05) is 25.1 Å². The Morgan fingerprint density at radius 2 is 1.95 bits per heavy atom. The highest BCUT2D eigenvalue weighted by molar-refractivity contribution is 5.78. The fourth-order valence-corrected chi connectivity index (χ4v) is 1.97. The van der Waals surface area contributed by atoms with Gasteiger partial charge in [0.05, 0.1) is 6.61 Å². The number of para-hydroxylation sites is 2. The van der Waals surface area contributed by atoms with Crippen molar-refractivity contribution in [3.05, 3.63) is 24.3 Å². The van der Waals surface area contributed by atoms with Crippen LogP contribution in [-0.4, -0.2) is 35.9 Å². The number of rotatable bonds is 9. The Hall–Kier alpha value is -1.75. The molecule has 1 fully saturated rings. The van der Waals surface area contributed by atoms with Gasteiger partial charge in [-0.2, -0.15) is 0 Å². The second kappa shape index (κ2) is 6.80. The first kappa shape index (κ1) is 15.6. The molecule has 1 atom stereocenters. The van der Waals surface area contributed by atoms with Gasteiger partial charge in [0.2, 0.25) is 0 Å². The fourth-order valence-electron chi connectivity index (χ4n) is 1.97. The predicted molar refractivity (Wildman–Crippen MR) is 79.9 cm³/mol. The largest absolute Gasteiger partial charge is 0.490 e. The summed E-state index contributed by atoms with van der Waals surface area (Å²) >= 11 is 0. The number of aliphatic carboxylic acids is 1. The molecular weight excluding hydrogens is 270 g/mol. The monoisotopic (exact) mass is 293 g/mol. The summed E-state index contributed by atoms with van der Waals surface area (Å²) < 4.78 is 11.3. The number of benzene rings is 1. The molecule has 1 aromatic carbocycles. The average molecular weight is 293 g/mol. The lowest BCUT2D eigenvalue weighted by Gasteiger charge is -2.26. The minimum absolute atomic E-state index is 0.0608. The standard InChI is InChI=1S/C16H23NO4/c1-3-10-20-13-6-4-5-7-14(13)21-11-16(2,15(18)19)17-12-8-9-12/h4-7,12,17H,3,8-11H2,1-2H3,(H,18,19). The van der Waals surface area contributed by atoms with Gasteiger partial charge < -0.3 is 14.6 Å². The molecule has 2 N–H and O–H groups in total. The van der Waals surface area contributed by atoms with Gasteiger partial charge in [0, 0.05) is 6.04 Å². The molecule has 1 saturated carbocycles. The normalized spacial score (nSPS) is 17.0. The van der Waals surface area contributed by atoms with Crippen LogP contribution < -0.4 is 14.8 Å². The van der Waals surface area contributed by atoms with Crippen molar-refractivity contribution in [2.45, 2.75) is 44.7 Å². The molecular formula is C16H23NO4. The third-order valence-corrected chi connectivity index (χ3v) is 3.40. The maximum absolute atomic E-state index is 11.5. The molecule has 116 valence electrons. The molecule has 0 aliphatic heterocycles. The van der Waals surface area contributed by atoms with Gasteiger partial charge in [0.25, 0.3) is 0 Å². The first-order chi connectivity index (χ1) is 10.0. The van der Waals surface area contributed by atoms with Gasteiger partial charge in [-0.1, -0.05) is 19.1 Å². The third-order valence-electron chi connectivity index (χ3n) is 3.40. The van der Waals surface area contributed by atoms with Gasteiger partial charge in [0.15, 0.2) is 11.5 Å². The molecule has 0 amide bonds. The van der Waals surface area contributed by atoms with Crippen molar-refractivity contribution in [2.75, 3.05) is 13.2 Å². The smallest absolute Gasteiger partial charge is 0.327 e. The van der Waals surface area contributed by atoms with Crippen molar-refractivity contribution in [3.8, 4) is 11.5 Å². The summed E-state index contributed by atoms with van der Waals surface area (Å²) in [5.74, 6) is 0.330. The van der Waals surface area contributed by atoms with E-state index in [1.165, 1.54) is 0 Å². The van der Waals surface area contributed by atoms with E-state index >= 15 is 0 Å². The topological polar surface area (TPSA) is 67.8 Å². The Morgan fingerprint density at radius 1 is 1.33 bits per heavy atom. The van der Waals surface area contributed by atoms with Gasteiger partial charge in [-0.15, -0.1) is 0 Å². The van der Waals surface area contributed by atoms with Crippen LogP contribution in [0.3, 0.4) is 0 Å². The summed E-state index contributed by atoms with van der Waals surface area (Å²) in [5, 5.41) is 12.6. The highest BCUT2D eigenvalue weighted by Crippen LogP contribution is 2.28. The molecule has 0 radical (unpaired) electrons. The average Bonchev–Trinajstić information content (AvgIpc) is 3.27. The van der Waals surface area contributed by atoms with E-state index in [2.05, 4.69) is 5.32 Å². The number of hydrogen-bond donors (Lipinski definition) is 2. The third kappa shape index (κ3) is 4.36. The van der Waals surface area contributed by atoms with E-state index in [9.17, 15) is 9.90 Å². The molecule has 0 aromatic heterocycles. The zero-order chi connectivity index (χ0) is 15.3. The number of ether oxygens (including phenoxy) is 2. The summed E-state index contributed by atoms with van der Waals surface area (Å²) in [6.07, 6.45) is 2.96. The SMILES string of the molecule is CCCOc1ccccc1OCC(C)(NC1CC1)C(=O)O. The van der Waals surface area contributed by atoms with Crippen LogP contribution in [0, 0.1) is 0 Å². The Labute approximate surface area is 125 Å². The lowest BCUT2D eigenvalue weighted by atomic mass is 10.0. The number of carboxylic acid groups (broad SMARTS) is 1. The molecule has 21 heavy (non-hydrogen) atoms. The van der Waals surface area contributed by atoms with E-state index in [0.717, 1.165) is 19.3 Å². The Bertz CT molecular complexity index is 487. The highest BCUT2D eigenvalue weighted by atomic mass is 16.5. The number of nitrogens with one attached hydrogen (secondary N) is 1. The first-order valence-electron chi connectivity index (χ1n) is 7.41. The van der Waals surface area contributed by atoms with Gasteiger partial charge in [-0.3, -0.25) is 10.1 Å². The molecule has 1 aliphatic carbocycles. The lowest BCUT2D eigenvalue weighted by Crippen LogP contribution is -2.54. The number of carbonyl (C=O) groups is 1. The van der Waals surface area contributed by atoms with E-state index in [-0.39, 0.29) is 6.61 Å². The molecule has 1 aliphatic rings. The van der Waals surface area contributed by atoms with Crippen LogP contribution in [0.2, 0.25) is 0 Å². The zero-order valence-electron chi connectivity index (χ0n) is 12.6. The molecule has 5 heteroatoms. The second-order valence-electron chi connectivity index (χ2n) is 5.64. The molecule has 1 aromatic rings. The van der Waals surface area contributed by atoms with Crippen molar-refractivity contribution in [1.29, 1.82) is 0 Å². The van der Waals surface area contributed by atoms with Crippen LogP contribution in [0.25, 0.3) is 0 Å². The first-order valence-corrected chi connectivity index (χ1v) is 7.41. The van der Waals surface area contributed by atoms with Crippen molar-refractivity contribution in [1.82, 2.24) is 5.32 Å². The number of carboxylic acids is 1. The van der Waals surface area contributed by atoms with Crippen molar-refractivity contribution in [3.63, 3.8) is 0 Å². The van der Waals surface area contributed by atoms with Gasteiger partial charge in [-0.05, 0) is 38.3 Å². The van der Waals surface area contributed by atoms with Crippen molar-refractivity contribution in [2.24, 2.45) is 0 Å². The summed E-state index contributed by atoms with van der Waals surface area (Å²) in [5.41, 5.74) is -1.08. The summed E-state index contributed by atoms with van der Waals surface area (Å²) in [6, 6.07) is 7.64. The van der Waals surface area contributed by atoms with E-state index in [4.69, 9.17) is 9.47 Å².